The lowest BCUT2D eigenvalue weighted by atomic mass is 10.2. The molecule has 0 aliphatic heterocycles. The van der Waals surface area contributed by atoms with E-state index in [9.17, 15) is 4.79 Å². The van der Waals surface area contributed by atoms with Gasteiger partial charge < -0.3 is 15.5 Å². The SMILES string of the molecule is CCCNc1ccc(C(=O)NCCN(C)C)cn1. The second kappa shape index (κ2) is 7.66. The molecule has 5 nitrogen and oxygen atoms in total. The molecule has 0 atom stereocenters. The number of amides is 1. The number of carbonyl (C=O) groups is 1. The second-order valence-corrected chi connectivity index (χ2v) is 4.42. The van der Waals surface area contributed by atoms with E-state index >= 15 is 0 Å². The Morgan fingerprint density at radius 3 is 2.67 bits per heavy atom. The van der Waals surface area contributed by atoms with Crippen LogP contribution in [-0.4, -0.2) is 49.5 Å². The maximum Gasteiger partial charge on any atom is 0.252 e. The number of nitrogens with zero attached hydrogens (tertiary/aromatic N) is 2. The van der Waals surface area contributed by atoms with Crippen LogP contribution in [0.15, 0.2) is 18.3 Å². The van der Waals surface area contributed by atoms with Crippen molar-refractivity contribution in [2.75, 3.05) is 39.0 Å². The Labute approximate surface area is 109 Å². The van der Waals surface area contributed by atoms with Crippen LogP contribution in [0.2, 0.25) is 0 Å². The average Bonchev–Trinajstić information content (AvgIpc) is 2.36. The van der Waals surface area contributed by atoms with Crippen LogP contribution in [0.4, 0.5) is 5.82 Å². The zero-order valence-corrected chi connectivity index (χ0v) is 11.4. The van der Waals surface area contributed by atoms with Crippen molar-refractivity contribution >= 4 is 11.7 Å². The first-order chi connectivity index (χ1) is 8.63. The number of anilines is 1. The molecule has 1 rings (SSSR count). The number of pyridine rings is 1. The van der Waals surface area contributed by atoms with E-state index in [1.807, 2.05) is 25.1 Å². The molecular weight excluding hydrogens is 228 g/mol. The quantitative estimate of drug-likeness (QED) is 0.763. The van der Waals surface area contributed by atoms with Crippen LogP contribution in [0.1, 0.15) is 23.7 Å². The summed E-state index contributed by atoms with van der Waals surface area (Å²) in [6, 6.07) is 3.62. The average molecular weight is 250 g/mol. The van der Waals surface area contributed by atoms with Gasteiger partial charge >= 0.3 is 0 Å². The van der Waals surface area contributed by atoms with Crippen LogP contribution in [0.25, 0.3) is 0 Å². The highest BCUT2D eigenvalue weighted by molar-refractivity contribution is 5.94. The molecule has 1 heterocycles. The van der Waals surface area contributed by atoms with Gasteiger partial charge in [0.05, 0.1) is 5.56 Å². The van der Waals surface area contributed by atoms with E-state index in [4.69, 9.17) is 0 Å². The van der Waals surface area contributed by atoms with E-state index in [0.29, 0.717) is 12.1 Å². The lowest BCUT2D eigenvalue weighted by Gasteiger charge is -2.10. The zero-order chi connectivity index (χ0) is 13.4. The van der Waals surface area contributed by atoms with Crippen LogP contribution in [0.3, 0.4) is 0 Å². The molecule has 0 aliphatic carbocycles. The fourth-order valence-corrected chi connectivity index (χ4v) is 1.38. The first-order valence-corrected chi connectivity index (χ1v) is 6.26. The summed E-state index contributed by atoms with van der Waals surface area (Å²) in [5, 5.41) is 6.02. The van der Waals surface area contributed by atoms with E-state index in [1.54, 1.807) is 12.3 Å². The van der Waals surface area contributed by atoms with Crippen LogP contribution in [0, 0.1) is 0 Å². The van der Waals surface area contributed by atoms with Gasteiger partial charge in [0.1, 0.15) is 5.82 Å². The summed E-state index contributed by atoms with van der Waals surface area (Å²) < 4.78 is 0. The van der Waals surface area contributed by atoms with Gasteiger partial charge in [0.2, 0.25) is 0 Å². The lowest BCUT2D eigenvalue weighted by Crippen LogP contribution is -2.31. The van der Waals surface area contributed by atoms with Gasteiger partial charge in [-0.3, -0.25) is 4.79 Å². The fraction of sp³-hybridized carbons (Fsp3) is 0.538. The number of likely N-dealkylation sites (N-methyl/N-ethyl adjacent to an activating group) is 1. The van der Waals surface area contributed by atoms with Gasteiger partial charge in [-0.2, -0.15) is 0 Å². The Morgan fingerprint density at radius 2 is 2.11 bits per heavy atom. The van der Waals surface area contributed by atoms with Crippen molar-refractivity contribution in [2.24, 2.45) is 0 Å². The lowest BCUT2D eigenvalue weighted by molar-refractivity contribution is 0.0950. The zero-order valence-electron chi connectivity index (χ0n) is 11.4. The minimum atomic E-state index is -0.0774. The number of nitrogens with one attached hydrogen (secondary N) is 2. The molecule has 5 heteroatoms. The van der Waals surface area contributed by atoms with Crippen LogP contribution in [0.5, 0.6) is 0 Å². The highest BCUT2D eigenvalue weighted by atomic mass is 16.1. The first kappa shape index (κ1) is 14.4. The molecule has 1 aromatic heterocycles. The van der Waals surface area contributed by atoms with Gasteiger partial charge in [-0.05, 0) is 32.6 Å². The van der Waals surface area contributed by atoms with E-state index in [0.717, 1.165) is 25.3 Å². The summed E-state index contributed by atoms with van der Waals surface area (Å²) in [7, 11) is 3.95. The summed E-state index contributed by atoms with van der Waals surface area (Å²) in [6.07, 6.45) is 2.65. The topological polar surface area (TPSA) is 57.3 Å². The molecule has 1 aromatic rings. The van der Waals surface area contributed by atoms with Crippen LogP contribution in [-0.2, 0) is 0 Å². The molecule has 0 fully saturated rings. The molecule has 0 radical (unpaired) electrons. The minimum absolute atomic E-state index is 0.0774. The molecule has 0 saturated carbocycles. The van der Waals surface area contributed by atoms with Crippen molar-refractivity contribution in [1.82, 2.24) is 15.2 Å². The molecule has 0 bridgehead atoms. The third-order valence-corrected chi connectivity index (χ3v) is 2.43. The number of rotatable bonds is 7. The van der Waals surface area contributed by atoms with Crippen molar-refractivity contribution in [2.45, 2.75) is 13.3 Å². The molecule has 0 aliphatic rings. The molecule has 1 amide bonds. The predicted molar refractivity (Wildman–Crippen MR) is 73.9 cm³/mol. The molecule has 100 valence electrons. The van der Waals surface area contributed by atoms with Gasteiger partial charge in [-0.1, -0.05) is 6.92 Å². The number of hydrogen-bond acceptors (Lipinski definition) is 4. The smallest absolute Gasteiger partial charge is 0.252 e. The van der Waals surface area contributed by atoms with E-state index < -0.39 is 0 Å². The second-order valence-electron chi connectivity index (χ2n) is 4.42. The standard InChI is InChI=1S/C13H22N4O/c1-4-7-14-12-6-5-11(10-16-12)13(18)15-8-9-17(2)3/h5-6,10H,4,7-9H2,1-3H3,(H,14,16)(H,15,18). The first-order valence-electron chi connectivity index (χ1n) is 6.26. The normalized spacial score (nSPS) is 10.4. The highest BCUT2D eigenvalue weighted by Crippen LogP contribution is 2.04. The summed E-state index contributed by atoms with van der Waals surface area (Å²) in [5.41, 5.74) is 0.593. The van der Waals surface area contributed by atoms with Crippen LogP contribution < -0.4 is 10.6 Å². The number of hydrogen-bond donors (Lipinski definition) is 2. The van der Waals surface area contributed by atoms with Gasteiger partial charge in [0.15, 0.2) is 0 Å². The predicted octanol–water partition coefficient (Wildman–Crippen LogP) is 1.19. The maximum atomic E-state index is 11.8. The van der Waals surface area contributed by atoms with Crippen molar-refractivity contribution in [3.63, 3.8) is 0 Å². The monoisotopic (exact) mass is 250 g/mol. The largest absolute Gasteiger partial charge is 0.370 e. The van der Waals surface area contributed by atoms with Gasteiger partial charge in [-0.15, -0.1) is 0 Å². The summed E-state index contributed by atoms with van der Waals surface area (Å²) in [4.78, 5) is 18.0. The summed E-state index contributed by atoms with van der Waals surface area (Å²) >= 11 is 0. The van der Waals surface area contributed by atoms with Crippen molar-refractivity contribution in [1.29, 1.82) is 0 Å². The number of carbonyl (C=O) groups excluding carboxylic acids is 1. The third kappa shape index (κ3) is 5.14. The molecule has 0 aromatic carbocycles. The molecule has 2 N–H and O–H groups in total. The maximum absolute atomic E-state index is 11.8. The molecule has 0 spiro atoms. The summed E-state index contributed by atoms with van der Waals surface area (Å²) in [5.74, 6) is 0.730. The van der Waals surface area contributed by atoms with Crippen molar-refractivity contribution in [3.05, 3.63) is 23.9 Å². The molecule has 18 heavy (non-hydrogen) atoms. The Hall–Kier alpha value is -1.62. The van der Waals surface area contributed by atoms with Gasteiger partial charge in [-0.25, -0.2) is 4.98 Å². The van der Waals surface area contributed by atoms with Crippen molar-refractivity contribution < 1.29 is 4.79 Å². The molecular formula is C13H22N4O. The van der Waals surface area contributed by atoms with E-state index in [1.165, 1.54) is 0 Å². The molecule has 0 saturated heterocycles. The van der Waals surface area contributed by atoms with Gasteiger partial charge in [0.25, 0.3) is 5.91 Å². The number of aromatic nitrogens is 1. The molecule has 0 unspecified atom stereocenters. The third-order valence-electron chi connectivity index (χ3n) is 2.43. The van der Waals surface area contributed by atoms with E-state index in [-0.39, 0.29) is 5.91 Å². The fourth-order valence-electron chi connectivity index (χ4n) is 1.38. The Bertz CT molecular complexity index is 362. The van der Waals surface area contributed by atoms with Crippen LogP contribution >= 0.6 is 0 Å². The Morgan fingerprint density at radius 1 is 1.33 bits per heavy atom. The Balaban J connectivity index is 2.43. The van der Waals surface area contributed by atoms with Gasteiger partial charge in [0, 0.05) is 25.8 Å². The summed E-state index contributed by atoms with van der Waals surface area (Å²) in [6.45, 7) is 4.46. The minimum Gasteiger partial charge on any atom is -0.370 e. The Kier molecular flexibility index (Phi) is 6.14. The van der Waals surface area contributed by atoms with Crippen molar-refractivity contribution in [3.8, 4) is 0 Å². The van der Waals surface area contributed by atoms with E-state index in [2.05, 4.69) is 22.5 Å². The highest BCUT2D eigenvalue weighted by Gasteiger charge is 2.05.